The maximum atomic E-state index is 15.2. The van der Waals surface area contributed by atoms with Crippen molar-refractivity contribution in [3.05, 3.63) is 66.5 Å². The number of aliphatic imine (C=N–C) groups is 1. The number of nitrogens with one attached hydrogen (secondary N) is 1. The highest BCUT2D eigenvalue weighted by Crippen LogP contribution is 2.38. The minimum absolute atomic E-state index is 0.250. The summed E-state index contributed by atoms with van der Waals surface area (Å²) in [6.07, 6.45) is 6.62. The van der Waals surface area contributed by atoms with Crippen LogP contribution in [0, 0.1) is 5.82 Å². The summed E-state index contributed by atoms with van der Waals surface area (Å²) in [5.41, 5.74) is 8.63. The first-order valence-corrected chi connectivity index (χ1v) is 10.9. The number of hydrogen-bond donors (Lipinski definition) is 3. The van der Waals surface area contributed by atoms with E-state index in [4.69, 9.17) is 10.5 Å². The smallest absolute Gasteiger partial charge is 0.156 e. The second-order valence-electron chi connectivity index (χ2n) is 8.02. The molecule has 4 aromatic rings. The van der Waals surface area contributed by atoms with Crippen LogP contribution < -0.4 is 15.8 Å². The molecule has 8 nitrogen and oxygen atoms in total. The molecule has 0 aliphatic heterocycles. The standard InChI is InChI=1S/C25H23FN6O2/c1-28-12-15(11-27)14-9-19-23(22(10-14)34-21-7-6-20(21)33)25(31-13-30-19)32-18-5-4-17-16(24(18)26)3-2-8-29-17/h2-5,8-13,20-21,33H,6-7,27H2,1H3,(H,30,31,32)/b15-11+,28-12?. The van der Waals surface area contributed by atoms with E-state index in [2.05, 4.69) is 25.3 Å². The monoisotopic (exact) mass is 458 g/mol. The van der Waals surface area contributed by atoms with Gasteiger partial charge in [-0.25, -0.2) is 14.4 Å². The summed E-state index contributed by atoms with van der Waals surface area (Å²) < 4.78 is 21.4. The van der Waals surface area contributed by atoms with E-state index in [9.17, 15) is 5.11 Å². The lowest BCUT2D eigenvalue weighted by atomic mass is 9.92. The first-order chi connectivity index (χ1) is 16.6. The summed E-state index contributed by atoms with van der Waals surface area (Å²) in [5, 5.41) is 14.2. The van der Waals surface area contributed by atoms with Gasteiger partial charge in [0, 0.05) is 36.6 Å². The Bertz CT molecular complexity index is 1440. The fourth-order valence-corrected chi connectivity index (χ4v) is 3.95. The van der Waals surface area contributed by atoms with Gasteiger partial charge in [-0.05, 0) is 54.8 Å². The second-order valence-corrected chi connectivity index (χ2v) is 8.02. The molecule has 0 bridgehead atoms. The predicted octanol–water partition coefficient (Wildman–Crippen LogP) is 3.96. The molecular formula is C25H23FN6O2. The van der Waals surface area contributed by atoms with Crippen LogP contribution >= 0.6 is 0 Å². The number of anilines is 2. The Morgan fingerprint density at radius 2 is 2.09 bits per heavy atom. The van der Waals surface area contributed by atoms with Crippen LogP contribution in [0.4, 0.5) is 15.9 Å². The van der Waals surface area contributed by atoms with E-state index < -0.39 is 11.9 Å². The zero-order valence-electron chi connectivity index (χ0n) is 18.4. The topological polar surface area (TPSA) is 119 Å². The summed E-state index contributed by atoms with van der Waals surface area (Å²) in [4.78, 5) is 17.0. The van der Waals surface area contributed by atoms with Crippen LogP contribution in [-0.2, 0) is 0 Å². The van der Waals surface area contributed by atoms with Gasteiger partial charge in [0.05, 0.1) is 28.2 Å². The number of aliphatic hydroxyl groups is 1. The van der Waals surface area contributed by atoms with Gasteiger partial charge >= 0.3 is 0 Å². The van der Waals surface area contributed by atoms with Crippen molar-refractivity contribution in [2.45, 2.75) is 25.0 Å². The molecule has 5 rings (SSSR count). The van der Waals surface area contributed by atoms with E-state index in [1.165, 1.54) is 12.5 Å². The highest BCUT2D eigenvalue weighted by Gasteiger charge is 2.32. The molecule has 2 atom stereocenters. The number of nitrogens with two attached hydrogens (primary N) is 1. The molecule has 2 aromatic heterocycles. The summed E-state index contributed by atoms with van der Waals surface area (Å²) in [6, 6.07) is 10.4. The molecule has 2 aromatic carbocycles. The molecule has 0 spiro atoms. The molecule has 0 saturated heterocycles. The lowest BCUT2D eigenvalue weighted by Gasteiger charge is -2.33. The number of ether oxygens (including phenoxy) is 1. The van der Waals surface area contributed by atoms with E-state index >= 15 is 4.39 Å². The van der Waals surface area contributed by atoms with Crippen LogP contribution in [0.15, 0.2) is 60.1 Å². The van der Waals surface area contributed by atoms with Crippen molar-refractivity contribution in [1.29, 1.82) is 0 Å². The minimum Gasteiger partial charge on any atom is -0.487 e. The third-order valence-corrected chi connectivity index (χ3v) is 5.91. The minimum atomic E-state index is -0.549. The van der Waals surface area contributed by atoms with Crippen LogP contribution in [0.25, 0.3) is 27.4 Å². The van der Waals surface area contributed by atoms with Gasteiger partial charge in [0.2, 0.25) is 0 Å². The van der Waals surface area contributed by atoms with Crippen LogP contribution in [-0.4, -0.2) is 45.5 Å². The summed E-state index contributed by atoms with van der Waals surface area (Å²) in [5.74, 6) is 0.411. The van der Waals surface area contributed by atoms with E-state index in [0.717, 1.165) is 12.0 Å². The maximum absolute atomic E-state index is 15.2. The lowest BCUT2D eigenvalue weighted by molar-refractivity contribution is -0.0354. The molecule has 1 aliphatic carbocycles. The molecule has 0 amide bonds. The first-order valence-electron chi connectivity index (χ1n) is 10.9. The number of rotatable bonds is 6. The van der Waals surface area contributed by atoms with Crippen LogP contribution in [0.3, 0.4) is 0 Å². The Hall–Kier alpha value is -4.11. The van der Waals surface area contributed by atoms with Gasteiger partial charge in [0.25, 0.3) is 0 Å². The van der Waals surface area contributed by atoms with E-state index in [-0.39, 0.29) is 11.8 Å². The van der Waals surface area contributed by atoms with Crippen LogP contribution in [0.1, 0.15) is 18.4 Å². The number of aromatic nitrogens is 3. The number of aliphatic hydroxyl groups excluding tert-OH is 1. The molecule has 2 heterocycles. The van der Waals surface area contributed by atoms with Crippen molar-refractivity contribution in [2.75, 3.05) is 12.4 Å². The van der Waals surface area contributed by atoms with Gasteiger partial charge in [-0.3, -0.25) is 9.98 Å². The molecule has 4 N–H and O–H groups in total. The number of pyridine rings is 1. The number of hydrogen-bond acceptors (Lipinski definition) is 8. The predicted molar refractivity (Wildman–Crippen MR) is 131 cm³/mol. The molecule has 1 fully saturated rings. The number of nitrogens with zero attached hydrogens (tertiary/aromatic N) is 4. The third kappa shape index (κ3) is 3.90. The Labute approximate surface area is 195 Å². The van der Waals surface area contributed by atoms with Crippen LogP contribution in [0.2, 0.25) is 0 Å². The normalized spacial score (nSPS) is 18.4. The Morgan fingerprint density at radius 3 is 2.82 bits per heavy atom. The summed E-state index contributed by atoms with van der Waals surface area (Å²) in [7, 11) is 1.66. The van der Waals surface area contributed by atoms with E-state index in [0.29, 0.717) is 45.4 Å². The maximum Gasteiger partial charge on any atom is 0.156 e. The molecular weight excluding hydrogens is 435 g/mol. The Kier molecular flexibility index (Phi) is 5.77. The zero-order chi connectivity index (χ0) is 23.7. The van der Waals surface area contributed by atoms with Gasteiger partial charge in [-0.1, -0.05) is 0 Å². The molecule has 9 heteroatoms. The van der Waals surface area contributed by atoms with E-state index in [1.54, 1.807) is 43.7 Å². The number of benzene rings is 2. The van der Waals surface area contributed by atoms with Gasteiger partial charge in [-0.15, -0.1) is 0 Å². The third-order valence-electron chi connectivity index (χ3n) is 5.91. The van der Waals surface area contributed by atoms with Gasteiger partial charge in [0.1, 0.15) is 24.0 Å². The van der Waals surface area contributed by atoms with Crippen molar-refractivity contribution in [1.82, 2.24) is 15.0 Å². The number of fused-ring (bicyclic) bond motifs is 2. The molecule has 2 unspecified atom stereocenters. The highest BCUT2D eigenvalue weighted by atomic mass is 19.1. The number of halogens is 1. The van der Waals surface area contributed by atoms with Crippen molar-refractivity contribution in [3.63, 3.8) is 0 Å². The zero-order valence-corrected chi connectivity index (χ0v) is 18.4. The van der Waals surface area contributed by atoms with Gasteiger partial charge < -0.3 is 20.9 Å². The summed E-state index contributed by atoms with van der Waals surface area (Å²) >= 11 is 0. The molecule has 34 heavy (non-hydrogen) atoms. The Balaban J connectivity index is 1.64. The lowest BCUT2D eigenvalue weighted by Crippen LogP contribution is -2.41. The fraction of sp³-hybridized carbons (Fsp3) is 0.200. The largest absolute Gasteiger partial charge is 0.487 e. The Morgan fingerprint density at radius 1 is 1.21 bits per heavy atom. The molecule has 172 valence electrons. The quantitative estimate of drug-likeness (QED) is 0.374. The van der Waals surface area contributed by atoms with Crippen molar-refractivity contribution < 1.29 is 14.2 Å². The van der Waals surface area contributed by atoms with E-state index in [1.807, 2.05) is 12.1 Å². The number of allylic oxidation sites excluding steroid dienone is 1. The SMILES string of the molecule is CN=C/C(=C\N)c1cc(OC2CCC2O)c2c(Nc3ccc4ncccc4c3F)ncnc2c1. The average Bonchev–Trinajstić information content (AvgIpc) is 2.86. The van der Waals surface area contributed by atoms with Gasteiger partial charge in [0.15, 0.2) is 5.82 Å². The fourth-order valence-electron chi connectivity index (χ4n) is 3.95. The molecule has 1 aliphatic rings. The average molecular weight is 458 g/mol. The molecule has 1 saturated carbocycles. The second kappa shape index (κ2) is 9.03. The highest BCUT2D eigenvalue weighted by molar-refractivity contribution is 6.11. The van der Waals surface area contributed by atoms with Crippen molar-refractivity contribution in [2.24, 2.45) is 10.7 Å². The first kappa shape index (κ1) is 21.7. The van der Waals surface area contributed by atoms with Gasteiger partial charge in [-0.2, -0.15) is 0 Å². The van der Waals surface area contributed by atoms with Crippen molar-refractivity contribution >= 4 is 45.1 Å². The van der Waals surface area contributed by atoms with Crippen LogP contribution in [0.5, 0.6) is 5.75 Å². The molecule has 0 radical (unpaired) electrons. The van der Waals surface area contributed by atoms with Crippen molar-refractivity contribution in [3.8, 4) is 5.75 Å². The summed E-state index contributed by atoms with van der Waals surface area (Å²) in [6.45, 7) is 0.